The van der Waals surface area contributed by atoms with E-state index in [0.29, 0.717) is 29.3 Å². The molecule has 0 bridgehead atoms. The molecular weight excluding hydrogens is 326 g/mol. The first-order valence-corrected chi connectivity index (χ1v) is 9.86. The molecule has 0 N–H and O–H groups in total. The van der Waals surface area contributed by atoms with Crippen molar-refractivity contribution in [1.82, 2.24) is 9.55 Å². The highest BCUT2D eigenvalue weighted by Crippen LogP contribution is 2.36. The molecule has 0 aliphatic heterocycles. The summed E-state index contributed by atoms with van der Waals surface area (Å²) in [5, 5.41) is 10.4. The standard InChI is InChI=1S/C17H21N3OS2/c1-10(2)9-20-16(21)14-12-5-4-11(3)8-13(12)23-15(14)19-17(20)22-7-6-18/h10-11H,4-5,7-9H2,1-3H3/t11-/m0/s1. The van der Waals surface area contributed by atoms with Crippen LogP contribution in [-0.4, -0.2) is 15.3 Å². The number of aryl methyl sites for hydroxylation is 1. The Labute approximate surface area is 144 Å². The van der Waals surface area contributed by atoms with Gasteiger partial charge in [-0.15, -0.1) is 11.3 Å². The normalized spacial score (nSPS) is 17.4. The van der Waals surface area contributed by atoms with Crippen LogP contribution in [0.2, 0.25) is 0 Å². The molecule has 122 valence electrons. The van der Waals surface area contributed by atoms with Crippen molar-refractivity contribution in [2.75, 3.05) is 5.75 Å². The fourth-order valence-corrected chi connectivity index (χ4v) is 5.23. The fraction of sp³-hybridized carbons (Fsp3) is 0.588. The molecule has 23 heavy (non-hydrogen) atoms. The number of nitrogens with zero attached hydrogens (tertiary/aromatic N) is 3. The van der Waals surface area contributed by atoms with Gasteiger partial charge in [0.1, 0.15) is 4.83 Å². The van der Waals surface area contributed by atoms with Gasteiger partial charge in [0.25, 0.3) is 5.56 Å². The first-order chi connectivity index (χ1) is 11.0. The molecule has 1 aliphatic rings. The molecule has 0 amide bonds. The van der Waals surface area contributed by atoms with E-state index in [1.165, 1.54) is 22.2 Å². The Morgan fingerprint density at radius 2 is 2.30 bits per heavy atom. The van der Waals surface area contributed by atoms with Gasteiger partial charge in [0, 0.05) is 11.4 Å². The van der Waals surface area contributed by atoms with Crippen LogP contribution in [0.25, 0.3) is 10.2 Å². The first-order valence-electron chi connectivity index (χ1n) is 8.06. The lowest BCUT2D eigenvalue weighted by atomic mass is 9.89. The monoisotopic (exact) mass is 347 g/mol. The zero-order valence-electron chi connectivity index (χ0n) is 13.8. The Morgan fingerprint density at radius 3 is 3.00 bits per heavy atom. The van der Waals surface area contributed by atoms with Crippen molar-refractivity contribution in [2.45, 2.75) is 51.7 Å². The van der Waals surface area contributed by atoms with Crippen LogP contribution in [0.3, 0.4) is 0 Å². The van der Waals surface area contributed by atoms with E-state index < -0.39 is 0 Å². The van der Waals surface area contributed by atoms with E-state index in [1.54, 1.807) is 15.9 Å². The van der Waals surface area contributed by atoms with E-state index in [9.17, 15) is 4.79 Å². The van der Waals surface area contributed by atoms with Crippen LogP contribution in [0.15, 0.2) is 9.95 Å². The van der Waals surface area contributed by atoms with Gasteiger partial charge in [-0.2, -0.15) is 5.26 Å². The van der Waals surface area contributed by atoms with Gasteiger partial charge in [-0.05, 0) is 36.7 Å². The summed E-state index contributed by atoms with van der Waals surface area (Å²) in [6.45, 7) is 7.11. The van der Waals surface area contributed by atoms with Gasteiger partial charge >= 0.3 is 0 Å². The van der Waals surface area contributed by atoms with Gasteiger partial charge in [-0.1, -0.05) is 32.5 Å². The average Bonchev–Trinajstić information content (AvgIpc) is 2.85. The number of nitriles is 1. The third kappa shape index (κ3) is 3.17. The van der Waals surface area contributed by atoms with Crippen molar-refractivity contribution in [1.29, 1.82) is 5.26 Å². The molecule has 0 fully saturated rings. The Hall–Kier alpha value is -1.32. The predicted octanol–water partition coefficient (Wildman–Crippen LogP) is 3.85. The Morgan fingerprint density at radius 1 is 1.52 bits per heavy atom. The molecule has 3 rings (SSSR count). The number of hydrogen-bond acceptors (Lipinski definition) is 5. The van der Waals surface area contributed by atoms with Crippen molar-refractivity contribution in [3.63, 3.8) is 0 Å². The van der Waals surface area contributed by atoms with Gasteiger partial charge in [0.2, 0.25) is 0 Å². The topological polar surface area (TPSA) is 58.7 Å². The summed E-state index contributed by atoms with van der Waals surface area (Å²) in [5.41, 5.74) is 1.31. The maximum Gasteiger partial charge on any atom is 0.263 e. The summed E-state index contributed by atoms with van der Waals surface area (Å²) in [6, 6.07) is 2.13. The van der Waals surface area contributed by atoms with Crippen molar-refractivity contribution in [3.8, 4) is 6.07 Å². The highest BCUT2D eigenvalue weighted by molar-refractivity contribution is 7.99. The molecule has 1 atom stereocenters. The highest BCUT2D eigenvalue weighted by Gasteiger charge is 2.24. The van der Waals surface area contributed by atoms with Gasteiger partial charge in [0.15, 0.2) is 5.16 Å². The number of thiophene rings is 1. The van der Waals surface area contributed by atoms with Crippen LogP contribution in [0, 0.1) is 23.2 Å². The molecule has 4 nitrogen and oxygen atoms in total. The van der Waals surface area contributed by atoms with E-state index in [0.717, 1.165) is 29.5 Å². The second-order valence-corrected chi connectivity index (χ2v) is 8.71. The minimum absolute atomic E-state index is 0.0798. The molecule has 2 aromatic heterocycles. The zero-order chi connectivity index (χ0) is 16.6. The van der Waals surface area contributed by atoms with E-state index >= 15 is 0 Å². The van der Waals surface area contributed by atoms with Crippen molar-refractivity contribution < 1.29 is 0 Å². The van der Waals surface area contributed by atoms with Gasteiger partial charge in [-0.25, -0.2) is 4.98 Å². The van der Waals surface area contributed by atoms with Gasteiger partial charge < -0.3 is 0 Å². The van der Waals surface area contributed by atoms with Crippen LogP contribution in [-0.2, 0) is 19.4 Å². The molecule has 0 radical (unpaired) electrons. The summed E-state index contributed by atoms with van der Waals surface area (Å²) >= 11 is 3.03. The first kappa shape index (κ1) is 16.5. The predicted molar refractivity (Wildman–Crippen MR) is 96.2 cm³/mol. The average molecular weight is 348 g/mol. The summed E-state index contributed by atoms with van der Waals surface area (Å²) < 4.78 is 1.78. The van der Waals surface area contributed by atoms with Crippen molar-refractivity contribution in [3.05, 3.63) is 20.8 Å². The summed E-state index contributed by atoms with van der Waals surface area (Å²) in [5.74, 6) is 1.36. The lowest BCUT2D eigenvalue weighted by Gasteiger charge is -2.18. The molecule has 2 aromatic rings. The smallest absolute Gasteiger partial charge is 0.263 e. The van der Waals surface area contributed by atoms with Crippen LogP contribution in [0.5, 0.6) is 0 Å². The fourth-order valence-electron chi connectivity index (χ4n) is 3.14. The molecule has 0 saturated heterocycles. The zero-order valence-corrected chi connectivity index (χ0v) is 15.4. The molecule has 0 unspecified atom stereocenters. The van der Waals surface area contributed by atoms with E-state index in [-0.39, 0.29) is 5.56 Å². The van der Waals surface area contributed by atoms with Gasteiger partial charge in [-0.3, -0.25) is 9.36 Å². The molecule has 2 heterocycles. The molecule has 0 saturated carbocycles. The SMILES string of the molecule is CC(C)Cn1c(SCC#N)nc2sc3c(c2c1=O)CC[C@H](C)C3. The third-order valence-electron chi connectivity index (χ3n) is 4.19. The van der Waals surface area contributed by atoms with E-state index in [1.807, 2.05) is 0 Å². The van der Waals surface area contributed by atoms with Crippen molar-refractivity contribution >= 4 is 33.3 Å². The quantitative estimate of drug-likeness (QED) is 0.622. The van der Waals surface area contributed by atoms with Crippen LogP contribution >= 0.6 is 23.1 Å². The van der Waals surface area contributed by atoms with Crippen LogP contribution in [0.4, 0.5) is 0 Å². The number of hydrogen-bond donors (Lipinski definition) is 0. The summed E-state index contributed by atoms with van der Waals surface area (Å²) in [4.78, 5) is 20.0. The second kappa shape index (κ2) is 6.66. The maximum atomic E-state index is 13.1. The Kier molecular flexibility index (Phi) is 4.79. The van der Waals surface area contributed by atoms with E-state index in [2.05, 4.69) is 26.8 Å². The number of rotatable bonds is 4. The lowest BCUT2D eigenvalue weighted by molar-refractivity contribution is 0.474. The van der Waals surface area contributed by atoms with Crippen molar-refractivity contribution in [2.24, 2.45) is 11.8 Å². The van der Waals surface area contributed by atoms with Gasteiger partial charge in [0.05, 0.1) is 17.2 Å². The third-order valence-corrected chi connectivity index (χ3v) is 6.19. The highest BCUT2D eigenvalue weighted by atomic mass is 32.2. The minimum Gasteiger partial charge on any atom is -0.287 e. The lowest BCUT2D eigenvalue weighted by Crippen LogP contribution is -2.26. The molecular formula is C17H21N3OS2. The number of thioether (sulfide) groups is 1. The molecule has 6 heteroatoms. The largest absolute Gasteiger partial charge is 0.287 e. The van der Waals surface area contributed by atoms with Crippen LogP contribution in [0.1, 0.15) is 37.6 Å². The van der Waals surface area contributed by atoms with E-state index in [4.69, 9.17) is 10.2 Å². The minimum atomic E-state index is 0.0798. The Balaban J connectivity index is 2.19. The molecule has 0 spiro atoms. The second-order valence-electron chi connectivity index (χ2n) is 6.68. The number of aromatic nitrogens is 2. The summed E-state index contributed by atoms with van der Waals surface area (Å²) in [6.07, 6.45) is 3.19. The molecule has 0 aromatic carbocycles. The maximum absolute atomic E-state index is 13.1. The van der Waals surface area contributed by atoms with Crippen LogP contribution < -0.4 is 5.56 Å². The molecule has 1 aliphatic carbocycles. The summed E-state index contributed by atoms with van der Waals surface area (Å²) in [7, 11) is 0. The number of fused-ring (bicyclic) bond motifs is 3. The Bertz CT molecular complexity index is 829.